The van der Waals surface area contributed by atoms with Crippen molar-refractivity contribution < 1.29 is 0 Å². The van der Waals surface area contributed by atoms with Gasteiger partial charge in [-0.3, -0.25) is 19.8 Å². The first-order valence-electron chi connectivity index (χ1n) is 12.8. The van der Waals surface area contributed by atoms with Crippen LogP contribution in [0.3, 0.4) is 0 Å². The number of hydrogen-bond donors (Lipinski definition) is 2. The Hall–Kier alpha value is -1.63. The molecule has 1 aromatic carbocycles. The second-order valence-electron chi connectivity index (χ2n) is 10.5. The van der Waals surface area contributed by atoms with Gasteiger partial charge >= 0.3 is 0 Å². The second-order valence-corrected chi connectivity index (χ2v) is 10.5. The van der Waals surface area contributed by atoms with Gasteiger partial charge in [-0.1, -0.05) is 24.3 Å². The molecule has 4 aliphatic heterocycles. The number of nitrogens with zero attached hydrogens (tertiary/aromatic N) is 4. The Kier molecular flexibility index (Phi) is 8.31. The average Bonchev–Trinajstić information content (AvgIpc) is 3.44. The van der Waals surface area contributed by atoms with Crippen molar-refractivity contribution in [1.82, 2.24) is 20.4 Å². The maximum atomic E-state index is 4.71. The summed E-state index contributed by atoms with van der Waals surface area (Å²) in [4.78, 5) is 14.6. The van der Waals surface area contributed by atoms with E-state index < -0.39 is 0 Å². The normalized spacial score (nSPS) is 27.5. The number of rotatable bonds is 6. The fourth-order valence-electron chi connectivity index (χ4n) is 5.65. The zero-order valence-corrected chi connectivity index (χ0v) is 21.1. The first-order valence-corrected chi connectivity index (χ1v) is 12.8. The summed E-state index contributed by atoms with van der Waals surface area (Å²) in [6, 6.07) is 10.4. The molecule has 0 aliphatic carbocycles. The van der Waals surface area contributed by atoms with Gasteiger partial charge in [0.1, 0.15) is 0 Å². The van der Waals surface area contributed by atoms with E-state index in [4.69, 9.17) is 9.98 Å². The fourth-order valence-corrected chi connectivity index (χ4v) is 5.65. The Morgan fingerprint density at radius 1 is 0.697 bits per heavy atom. The van der Waals surface area contributed by atoms with E-state index in [0.29, 0.717) is 23.9 Å². The molecule has 2 unspecified atom stereocenters. The molecule has 7 heteroatoms. The fraction of sp³-hybridized carbons (Fsp3) is 0.692. The van der Waals surface area contributed by atoms with E-state index in [1.807, 2.05) is 0 Å². The van der Waals surface area contributed by atoms with Gasteiger partial charge in [0.15, 0.2) is 0 Å². The molecule has 4 heterocycles. The Morgan fingerprint density at radius 3 is 1.36 bits per heavy atom. The number of benzene rings is 1. The Labute approximate surface area is 205 Å². The molecule has 2 N–H and O–H groups in total. The van der Waals surface area contributed by atoms with Crippen LogP contribution in [0.25, 0.3) is 0 Å². The molecule has 0 spiro atoms. The maximum absolute atomic E-state index is 4.71. The van der Waals surface area contributed by atoms with Crippen LogP contribution >= 0.6 is 12.4 Å². The summed E-state index contributed by atoms with van der Waals surface area (Å²) in [7, 11) is 0. The standard InChI is InChI=1S/C26H40N6.ClH/c1-19-15-27-25(29-19)23-7-11-31(12-8-23)17-21-3-5-22(6-4-21)18-32-13-9-24(10-14-32)26-28-16-20(2)30-26;/h3-6,19-20,23-24H,7-18H2,1-2H3,(H,27,29)(H,28,30);1H. The summed E-state index contributed by atoms with van der Waals surface area (Å²) in [5.74, 6) is 3.82. The van der Waals surface area contributed by atoms with E-state index >= 15 is 0 Å². The minimum atomic E-state index is 0. The van der Waals surface area contributed by atoms with Crippen LogP contribution in [0, 0.1) is 11.8 Å². The molecule has 2 saturated heterocycles. The van der Waals surface area contributed by atoms with Gasteiger partial charge in [-0.25, -0.2) is 0 Å². The highest BCUT2D eigenvalue weighted by Gasteiger charge is 2.28. The van der Waals surface area contributed by atoms with E-state index in [1.54, 1.807) is 0 Å². The molecule has 33 heavy (non-hydrogen) atoms. The highest BCUT2D eigenvalue weighted by atomic mass is 35.5. The van der Waals surface area contributed by atoms with Crippen LogP contribution in [0.15, 0.2) is 34.3 Å². The predicted octanol–water partition coefficient (Wildman–Crippen LogP) is 3.31. The number of hydrogen-bond acceptors (Lipinski definition) is 6. The molecule has 0 saturated carbocycles. The number of amidine groups is 2. The molecule has 182 valence electrons. The van der Waals surface area contributed by atoms with Gasteiger partial charge in [0.25, 0.3) is 0 Å². The van der Waals surface area contributed by atoms with Gasteiger partial charge in [0.2, 0.25) is 0 Å². The second kappa shape index (κ2) is 11.2. The quantitative estimate of drug-likeness (QED) is 0.667. The highest BCUT2D eigenvalue weighted by Crippen LogP contribution is 2.23. The molecule has 0 amide bonds. The number of halogens is 1. The van der Waals surface area contributed by atoms with Crippen LogP contribution in [0.2, 0.25) is 0 Å². The molecule has 2 atom stereocenters. The van der Waals surface area contributed by atoms with Crippen molar-refractivity contribution in [3.8, 4) is 0 Å². The van der Waals surface area contributed by atoms with Gasteiger partial charge < -0.3 is 10.6 Å². The van der Waals surface area contributed by atoms with Gasteiger partial charge in [0.05, 0.1) is 24.8 Å². The number of piperidine rings is 2. The topological polar surface area (TPSA) is 55.3 Å². The molecule has 1 aromatic rings. The molecule has 0 bridgehead atoms. The zero-order chi connectivity index (χ0) is 21.9. The van der Waals surface area contributed by atoms with E-state index in [9.17, 15) is 0 Å². The van der Waals surface area contributed by atoms with Gasteiger partial charge in [-0.15, -0.1) is 12.4 Å². The molecule has 4 aliphatic rings. The lowest BCUT2D eigenvalue weighted by molar-refractivity contribution is 0.199. The van der Waals surface area contributed by atoms with Crippen molar-refractivity contribution in [3.63, 3.8) is 0 Å². The Bertz CT molecular complexity index is 753. The predicted molar refractivity (Wildman–Crippen MR) is 139 cm³/mol. The Balaban J connectivity index is 0.00000259. The number of nitrogens with one attached hydrogen (secondary N) is 2. The average molecular weight is 473 g/mol. The van der Waals surface area contributed by atoms with Crippen molar-refractivity contribution in [2.24, 2.45) is 21.8 Å². The lowest BCUT2D eigenvalue weighted by Crippen LogP contribution is -2.40. The Morgan fingerprint density at radius 2 is 1.06 bits per heavy atom. The third-order valence-electron chi connectivity index (χ3n) is 7.64. The van der Waals surface area contributed by atoms with Crippen molar-refractivity contribution >= 4 is 24.1 Å². The minimum Gasteiger partial charge on any atom is -0.369 e. The lowest BCUT2D eigenvalue weighted by atomic mass is 9.94. The molecular weight excluding hydrogens is 432 g/mol. The van der Waals surface area contributed by atoms with E-state index in [-0.39, 0.29) is 12.4 Å². The van der Waals surface area contributed by atoms with E-state index in [0.717, 1.165) is 26.2 Å². The SMILES string of the molecule is CC1CN=C(C2CCN(Cc3ccc(CN4CCC(C5=NCC(C)N5)CC4)cc3)CC2)N1.Cl. The minimum absolute atomic E-state index is 0. The van der Waals surface area contributed by atoms with Crippen LogP contribution in [-0.4, -0.2) is 72.8 Å². The largest absolute Gasteiger partial charge is 0.369 e. The molecule has 5 rings (SSSR count). The first-order chi connectivity index (χ1) is 15.6. The van der Waals surface area contributed by atoms with Crippen LogP contribution in [-0.2, 0) is 13.1 Å². The van der Waals surface area contributed by atoms with E-state index in [2.05, 4.69) is 58.5 Å². The maximum Gasteiger partial charge on any atom is 0.0998 e. The zero-order valence-electron chi connectivity index (χ0n) is 20.3. The van der Waals surface area contributed by atoms with Gasteiger partial charge in [-0.05, 0) is 76.8 Å². The molecule has 6 nitrogen and oxygen atoms in total. The smallest absolute Gasteiger partial charge is 0.0998 e. The third-order valence-corrected chi connectivity index (χ3v) is 7.64. The van der Waals surface area contributed by atoms with E-state index in [1.165, 1.54) is 74.7 Å². The summed E-state index contributed by atoms with van der Waals surface area (Å²) in [6.45, 7) is 13.2. The summed E-state index contributed by atoms with van der Waals surface area (Å²) in [5, 5.41) is 7.13. The third kappa shape index (κ3) is 6.28. The van der Waals surface area contributed by atoms with Crippen LogP contribution in [0.1, 0.15) is 50.7 Å². The number of aliphatic imine (C=N–C) groups is 2. The summed E-state index contributed by atoms with van der Waals surface area (Å²) >= 11 is 0. The molecular formula is C26H41ClN6. The van der Waals surface area contributed by atoms with Crippen molar-refractivity contribution in [2.45, 2.75) is 64.7 Å². The lowest BCUT2D eigenvalue weighted by Gasteiger charge is -2.33. The van der Waals surface area contributed by atoms with Crippen molar-refractivity contribution in [3.05, 3.63) is 35.4 Å². The van der Waals surface area contributed by atoms with Gasteiger partial charge in [0, 0.05) is 37.0 Å². The van der Waals surface area contributed by atoms with Crippen LogP contribution < -0.4 is 10.6 Å². The van der Waals surface area contributed by atoms with Crippen molar-refractivity contribution in [1.29, 1.82) is 0 Å². The molecule has 0 aromatic heterocycles. The monoisotopic (exact) mass is 472 g/mol. The summed E-state index contributed by atoms with van der Waals surface area (Å²) in [6.07, 6.45) is 4.92. The highest BCUT2D eigenvalue weighted by molar-refractivity contribution is 5.87. The summed E-state index contributed by atoms with van der Waals surface area (Å²) < 4.78 is 0. The van der Waals surface area contributed by atoms with Crippen molar-refractivity contribution in [2.75, 3.05) is 39.3 Å². The first kappa shape index (κ1) is 24.5. The van der Waals surface area contributed by atoms with Crippen LogP contribution in [0.4, 0.5) is 0 Å². The van der Waals surface area contributed by atoms with Gasteiger partial charge in [-0.2, -0.15) is 0 Å². The molecule has 2 fully saturated rings. The molecule has 0 radical (unpaired) electrons. The van der Waals surface area contributed by atoms with Crippen LogP contribution in [0.5, 0.6) is 0 Å². The number of likely N-dealkylation sites (tertiary alicyclic amines) is 2. The summed E-state index contributed by atoms with van der Waals surface area (Å²) in [5.41, 5.74) is 2.88.